The van der Waals surface area contributed by atoms with E-state index >= 15 is 0 Å². The van der Waals surface area contributed by atoms with Crippen molar-refractivity contribution in [3.63, 3.8) is 0 Å². The summed E-state index contributed by atoms with van der Waals surface area (Å²) in [5.74, 6) is 0.792. The van der Waals surface area contributed by atoms with Gasteiger partial charge in [0, 0.05) is 12.1 Å². The Labute approximate surface area is 121 Å². The van der Waals surface area contributed by atoms with Crippen molar-refractivity contribution in [2.24, 2.45) is 11.3 Å². The zero-order valence-electron chi connectivity index (χ0n) is 12.7. The molecule has 1 fully saturated rings. The van der Waals surface area contributed by atoms with Gasteiger partial charge in [0.15, 0.2) is 0 Å². The largest absolute Gasteiger partial charge is 0.299 e. The van der Waals surface area contributed by atoms with E-state index in [0.717, 1.165) is 31.1 Å². The normalized spacial score (nSPS) is 18.7. The minimum atomic E-state index is -2.37. The second kappa shape index (κ2) is 6.21. The SMILES string of the molecule is CC(C)(C)C1CCN(Cc2ccc(C(F)F)cc2)CC1. The minimum absolute atomic E-state index is 0.111. The Balaban J connectivity index is 1.86. The third-order valence-electron chi connectivity index (χ3n) is 4.45. The molecule has 1 aliphatic rings. The van der Waals surface area contributed by atoms with Crippen LogP contribution in [0.2, 0.25) is 0 Å². The van der Waals surface area contributed by atoms with E-state index in [1.807, 2.05) is 12.1 Å². The summed E-state index contributed by atoms with van der Waals surface area (Å²) < 4.78 is 25.0. The molecule has 1 aromatic rings. The predicted molar refractivity (Wildman–Crippen MR) is 78.9 cm³/mol. The molecule has 0 N–H and O–H groups in total. The molecule has 3 heteroatoms. The van der Waals surface area contributed by atoms with Gasteiger partial charge in [-0.2, -0.15) is 0 Å². The van der Waals surface area contributed by atoms with Crippen molar-refractivity contribution in [3.05, 3.63) is 35.4 Å². The van der Waals surface area contributed by atoms with Crippen LogP contribution in [-0.4, -0.2) is 18.0 Å². The number of hydrogen-bond acceptors (Lipinski definition) is 1. The number of benzene rings is 1. The van der Waals surface area contributed by atoms with Crippen molar-refractivity contribution in [1.29, 1.82) is 0 Å². The molecule has 0 aliphatic carbocycles. The summed E-state index contributed by atoms with van der Waals surface area (Å²) in [6, 6.07) is 6.75. The van der Waals surface area contributed by atoms with Crippen LogP contribution in [0.1, 0.15) is 51.2 Å². The average molecular weight is 281 g/mol. The van der Waals surface area contributed by atoms with Crippen LogP contribution in [0.3, 0.4) is 0 Å². The van der Waals surface area contributed by atoms with Crippen molar-refractivity contribution in [2.75, 3.05) is 13.1 Å². The van der Waals surface area contributed by atoms with E-state index in [1.165, 1.54) is 12.8 Å². The maximum Gasteiger partial charge on any atom is 0.263 e. The van der Waals surface area contributed by atoms with Crippen LogP contribution in [-0.2, 0) is 6.54 Å². The van der Waals surface area contributed by atoms with Crippen LogP contribution >= 0.6 is 0 Å². The predicted octanol–water partition coefficient (Wildman–Crippen LogP) is 4.88. The fraction of sp³-hybridized carbons (Fsp3) is 0.647. The van der Waals surface area contributed by atoms with E-state index in [0.29, 0.717) is 5.41 Å². The molecule has 0 bridgehead atoms. The molecule has 1 nitrogen and oxygen atoms in total. The Morgan fingerprint density at radius 1 is 1.10 bits per heavy atom. The highest BCUT2D eigenvalue weighted by Gasteiger charge is 2.28. The van der Waals surface area contributed by atoms with Gasteiger partial charge in [0.1, 0.15) is 0 Å². The summed E-state index contributed by atoms with van der Waals surface area (Å²) in [5.41, 5.74) is 1.63. The van der Waals surface area contributed by atoms with Gasteiger partial charge >= 0.3 is 0 Å². The minimum Gasteiger partial charge on any atom is -0.299 e. The molecular weight excluding hydrogens is 256 g/mol. The van der Waals surface area contributed by atoms with Crippen molar-refractivity contribution in [2.45, 2.75) is 46.6 Å². The van der Waals surface area contributed by atoms with Gasteiger partial charge in [-0.1, -0.05) is 45.0 Å². The fourth-order valence-corrected chi connectivity index (χ4v) is 2.98. The fourth-order valence-electron chi connectivity index (χ4n) is 2.98. The molecule has 1 heterocycles. The van der Waals surface area contributed by atoms with Crippen LogP contribution in [0.4, 0.5) is 8.78 Å². The summed E-state index contributed by atoms with van der Waals surface area (Å²) in [7, 11) is 0. The second-order valence-electron chi connectivity index (χ2n) is 6.96. The molecule has 0 spiro atoms. The van der Waals surface area contributed by atoms with E-state index in [9.17, 15) is 8.78 Å². The number of alkyl halides is 2. The summed E-state index contributed by atoms with van der Waals surface area (Å²) in [4.78, 5) is 2.43. The summed E-state index contributed by atoms with van der Waals surface area (Å²) in [6.07, 6.45) is 0.101. The molecule has 2 rings (SSSR count). The first-order valence-corrected chi connectivity index (χ1v) is 7.45. The van der Waals surface area contributed by atoms with E-state index in [-0.39, 0.29) is 5.56 Å². The maximum absolute atomic E-state index is 12.5. The van der Waals surface area contributed by atoms with Gasteiger partial charge in [0.05, 0.1) is 0 Å². The van der Waals surface area contributed by atoms with Crippen LogP contribution in [0.5, 0.6) is 0 Å². The van der Waals surface area contributed by atoms with E-state index in [4.69, 9.17) is 0 Å². The lowest BCUT2D eigenvalue weighted by Gasteiger charge is -2.38. The number of rotatable bonds is 3. The summed E-state index contributed by atoms with van der Waals surface area (Å²) in [6.45, 7) is 10.0. The van der Waals surface area contributed by atoms with Gasteiger partial charge in [-0.25, -0.2) is 8.78 Å². The standard InChI is InChI=1S/C17H25F2N/c1-17(2,3)15-8-10-20(11-9-15)12-13-4-6-14(7-5-13)16(18)19/h4-7,15-16H,8-12H2,1-3H3. The number of likely N-dealkylation sites (tertiary alicyclic amines) is 1. The van der Waals surface area contributed by atoms with Crippen molar-refractivity contribution >= 4 is 0 Å². The third-order valence-corrected chi connectivity index (χ3v) is 4.45. The van der Waals surface area contributed by atoms with Crippen LogP contribution < -0.4 is 0 Å². The van der Waals surface area contributed by atoms with Gasteiger partial charge in [-0.15, -0.1) is 0 Å². The Morgan fingerprint density at radius 2 is 1.65 bits per heavy atom. The Bertz CT molecular complexity index is 412. The molecule has 1 saturated heterocycles. The highest BCUT2D eigenvalue weighted by Crippen LogP contribution is 2.34. The Kier molecular flexibility index (Phi) is 4.79. The second-order valence-corrected chi connectivity index (χ2v) is 6.96. The van der Waals surface area contributed by atoms with E-state index < -0.39 is 6.43 Å². The van der Waals surface area contributed by atoms with Gasteiger partial charge < -0.3 is 0 Å². The first-order valence-electron chi connectivity index (χ1n) is 7.45. The van der Waals surface area contributed by atoms with Crippen molar-refractivity contribution in [1.82, 2.24) is 4.90 Å². The Hall–Kier alpha value is -0.960. The number of hydrogen-bond donors (Lipinski definition) is 0. The highest BCUT2D eigenvalue weighted by molar-refractivity contribution is 5.23. The van der Waals surface area contributed by atoms with Crippen molar-refractivity contribution < 1.29 is 8.78 Å². The molecule has 0 saturated carbocycles. The van der Waals surface area contributed by atoms with Gasteiger partial charge in [-0.3, -0.25) is 4.90 Å². The smallest absolute Gasteiger partial charge is 0.263 e. The lowest BCUT2D eigenvalue weighted by Crippen LogP contribution is -2.37. The topological polar surface area (TPSA) is 3.24 Å². The first-order chi connectivity index (χ1) is 9.36. The lowest BCUT2D eigenvalue weighted by atomic mass is 9.75. The van der Waals surface area contributed by atoms with Gasteiger partial charge in [0.25, 0.3) is 6.43 Å². The zero-order chi connectivity index (χ0) is 14.8. The number of halogens is 2. The van der Waals surface area contributed by atoms with Crippen molar-refractivity contribution in [3.8, 4) is 0 Å². The molecule has 0 unspecified atom stereocenters. The average Bonchev–Trinajstić information content (AvgIpc) is 2.39. The number of piperidine rings is 1. The molecule has 1 aliphatic heterocycles. The van der Waals surface area contributed by atoms with Gasteiger partial charge in [-0.05, 0) is 42.8 Å². The molecule has 0 amide bonds. The van der Waals surface area contributed by atoms with Crippen LogP contribution in [0.15, 0.2) is 24.3 Å². The van der Waals surface area contributed by atoms with E-state index in [1.54, 1.807) is 12.1 Å². The Morgan fingerprint density at radius 3 is 2.10 bits per heavy atom. The van der Waals surface area contributed by atoms with E-state index in [2.05, 4.69) is 25.7 Å². The number of nitrogens with zero attached hydrogens (tertiary/aromatic N) is 1. The van der Waals surface area contributed by atoms with Gasteiger partial charge in [0.2, 0.25) is 0 Å². The molecular formula is C17H25F2N. The third kappa shape index (κ3) is 4.02. The molecule has 0 atom stereocenters. The van der Waals surface area contributed by atoms with Crippen LogP contribution in [0.25, 0.3) is 0 Å². The maximum atomic E-state index is 12.5. The quantitative estimate of drug-likeness (QED) is 0.763. The monoisotopic (exact) mass is 281 g/mol. The van der Waals surface area contributed by atoms with Crippen LogP contribution in [0, 0.1) is 11.3 Å². The molecule has 0 aromatic heterocycles. The summed E-state index contributed by atoms with van der Waals surface area (Å²) in [5, 5.41) is 0. The molecule has 112 valence electrons. The summed E-state index contributed by atoms with van der Waals surface area (Å²) >= 11 is 0. The molecule has 20 heavy (non-hydrogen) atoms. The molecule has 1 aromatic carbocycles. The molecule has 0 radical (unpaired) electrons. The lowest BCUT2D eigenvalue weighted by molar-refractivity contribution is 0.108. The zero-order valence-corrected chi connectivity index (χ0v) is 12.7. The highest BCUT2D eigenvalue weighted by atomic mass is 19.3. The first kappa shape index (κ1) is 15.4.